The monoisotopic (exact) mass is 427 g/mol. The third-order valence-electron chi connectivity index (χ3n) is 4.59. The fourth-order valence-corrected chi connectivity index (χ4v) is 5.44. The number of aliphatic hydroxyl groups is 1. The van der Waals surface area contributed by atoms with Crippen LogP contribution in [0.15, 0.2) is 40.0 Å². The lowest BCUT2D eigenvalue weighted by atomic mass is 10.2. The average molecular weight is 428 g/mol. The molecule has 25 heavy (non-hydrogen) atoms. The number of piperazine rings is 1. The van der Waals surface area contributed by atoms with Gasteiger partial charge in [0.25, 0.3) is 0 Å². The number of fused-ring (bicyclic) bond motifs is 1. The smallest absolute Gasteiger partial charge is 0.243 e. The molecule has 1 saturated heterocycles. The minimum atomic E-state index is -3.58. The maximum absolute atomic E-state index is 13.2. The van der Waals surface area contributed by atoms with Crippen LogP contribution in [0, 0.1) is 0 Å². The van der Waals surface area contributed by atoms with Gasteiger partial charge in [-0.15, -0.1) is 0 Å². The number of hydrogen-bond acceptors (Lipinski definition) is 5. The zero-order valence-electron chi connectivity index (χ0n) is 14.1. The Morgan fingerprint density at radius 3 is 2.64 bits per heavy atom. The summed E-state index contributed by atoms with van der Waals surface area (Å²) in [4.78, 5) is 6.53. The summed E-state index contributed by atoms with van der Waals surface area (Å²) >= 11 is 3.43. The maximum Gasteiger partial charge on any atom is 0.243 e. The molecule has 0 aliphatic carbocycles. The number of halogens is 1. The van der Waals surface area contributed by atoms with E-state index in [0.717, 1.165) is 5.39 Å². The summed E-state index contributed by atoms with van der Waals surface area (Å²) in [6.45, 7) is 4.65. The van der Waals surface area contributed by atoms with Crippen molar-refractivity contribution >= 4 is 36.7 Å². The van der Waals surface area contributed by atoms with Crippen LogP contribution < -0.4 is 0 Å². The van der Waals surface area contributed by atoms with Crippen molar-refractivity contribution in [2.24, 2.45) is 0 Å². The zero-order valence-corrected chi connectivity index (χ0v) is 16.5. The summed E-state index contributed by atoms with van der Waals surface area (Å²) < 4.78 is 28.5. The Morgan fingerprint density at radius 1 is 1.24 bits per heavy atom. The molecule has 1 aromatic heterocycles. The second-order valence-electron chi connectivity index (χ2n) is 6.24. The molecule has 8 heteroatoms. The van der Waals surface area contributed by atoms with Crippen molar-refractivity contribution < 1.29 is 13.5 Å². The Labute approximate surface area is 156 Å². The van der Waals surface area contributed by atoms with Gasteiger partial charge in [0.15, 0.2) is 0 Å². The summed E-state index contributed by atoms with van der Waals surface area (Å²) in [7, 11) is -3.58. The molecular weight excluding hydrogens is 406 g/mol. The molecular formula is C17H22BrN3O3S. The molecule has 0 radical (unpaired) electrons. The molecule has 6 nitrogen and oxygen atoms in total. The summed E-state index contributed by atoms with van der Waals surface area (Å²) in [5.41, 5.74) is 0. The molecule has 2 heterocycles. The van der Waals surface area contributed by atoms with Crippen LogP contribution in [0.3, 0.4) is 0 Å². The Balaban J connectivity index is 1.84. The van der Waals surface area contributed by atoms with E-state index in [0.29, 0.717) is 53.9 Å². The van der Waals surface area contributed by atoms with Gasteiger partial charge in [0.1, 0.15) is 0 Å². The maximum atomic E-state index is 13.2. The van der Waals surface area contributed by atoms with Gasteiger partial charge in [0.05, 0.1) is 11.0 Å². The van der Waals surface area contributed by atoms with E-state index < -0.39 is 10.0 Å². The third-order valence-corrected chi connectivity index (χ3v) is 7.13. The van der Waals surface area contributed by atoms with Crippen molar-refractivity contribution in [2.45, 2.75) is 24.3 Å². The van der Waals surface area contributed by atoms with Gasteiger partial charge >= 0.3 is 0 Å². The number of aliphatic hydroxyl groups excluding tert-OH is 1. The second-order valence-corrected chi connectivity index (χ2v) is 9.00. The van der Waals surface area contributed by atoms with Gasteiger partial charge in [0, 0.05) is 60.4 Å². The van der Waals surface area contributed by atoms with Crippen LogP contribution >= 0.6 is 15.9 Å². The van der Waals surface area contributed by atoms with E-state index in [4.69, 9.17) is 0 Å². The summed E-state index contributed by atoms with van der Waals surface area (Å²) in [5.74, 6) is 0. The molecule has 1 N–H and O–H groups in total. The Bertz CT molecular complexity index is 846. The van der Waals surface area contributed by atoms with Gasteiger partial charge in [-0.1, -0.05) is 19.1 Å². The van der Waals surface area contributed by atoms with Gasteiger partial charge < -0.3 is 5.11 Å². The SMILES string of the molecule is CC[C@@H](O)CN1CCN(S(=O)(=O)c2cccc3cncc(Br)c23)CC1. The van der Waals surface area contributed by atoms with Gasteiger partial charge in [-0.05, 0) is 28.4 Å². The number of hydrogen-bond donors (Lipinski definition) is 1. The van der Waals surface area contributed by atoms with Gasteiger partial charge in [-0.3, -0.25) is 9.88 Å². The van der Waals surface area contributed by atoms with Crippen molar-refractivity contribution in [2.75, 3.05) is 32.7 Å². The van der Waals surface area contributed by atoms with Gasteiger partial charge in [-0.2, -0.15) is 4.31 Å². The summed E-state index contributed by atoms with van der Waals surface area (Å²) in [6.07, 6.45) is 3.63. The molecule has 136 valence electrons. The number of benzene rings is 1. The quantitative estimate of drug-likeness (QED) is 0.790. The van der Waals surface area contributed by atoms with Crippen molar-refractivity contribution in [3.8, 4) is 0 Å². The van der Waals surface area contributed by atoms with Crippen LogP contribution in [-0.2, 0) is 10.0 Å². The van der Waals surface area contributed by atoms with E-state index in [1.165, 1.54) is 4.31 Å². The minimum Gasteiger partial charge on any atom is -0.392 e. The molecule has 1 aliphatic heterocycles. The highest BCUT2D eigenvalue weighted by Crippen LogP contribution is 2.31. The molecule has 1 aromatic carbocycles. The normalized spacial score (nSPS) is 18.5. The minimum absolute atomic E-state index is 0.307. The van der Waals surface area contributed by atoms with Gasteiger partial charge in [-0.25, -0.2) is 8.42 Å². The van der Waals surface area contributed by atoms with Crippen molar-refractivity contribution in [1.29, 1.82) is 0 Å². The topological polar surface area (TPSA) is 73.7 Å². The van der Waals surface area contributed by atoms with E-state index in [1.807, 2.05) is 13.0 Å². The number of sulfonamides is 1. The van der Waals surface area contributed by atoms with Gasteiger partial charge in [0.2, 0.25) is 10.0 Å². The van der Waals surface area contributed by atoms with Crippen LogP contribution in [0.4, 0.5) is 0 Å². The predicted octanol–water partition coefficient (Wildman–Crippen LogP) is 2.07. The molecule has 0 spiro atoms. The number of rotatable bonds is 5. The summed E-state index contributed by atoms with van der Waals surface area (Å²) in [5, 5.41) is 11.2. The third kappa shape index (κ3) is 3.88. The highest BCUT2D eigenvalue weighted by Gasteiger charge is 2.30. The fourth-order valence-electron chi connectivity index (χ4n) is 3.09. The highest BCUT2D eigenvalue weighted by atomic mass is 79.9. The molecule has 0 saturated carbocycles. The summed E-state index contributed by atoms with van der Waals surface area (Å²) in [6, 6.07) is 5.25. The van der Waals surface area contributed by atoms with E-state index >= 15 is 0 Å². The average Bonchev–Trinajstić information content (AvgIpc) is 2.62. The lowest BCUT2D eigenvalue weighted by molar-refractivity contribution is 0.0896. The van der Waals surface area contributed by atoms with Crippen LogP contribution in [0.25, 0.3) is 10.8 Å². The molecule has 0 unspecified atom stereocenters. The number of pyridine rings is 1. The lowest BCUT2D eigenvalue weighted by Crippen LogP contribution is -2.50. The van der Waals surface area contributed by atoms with Crippen molar-refractivity contribution in [3.63, 3.8) is 0 Å². The Hall–Kier alpha value is -1.06. The Kier molecular flexibility index (Phi) is 5.75. The van der Waals surface area contributed by atoms with E-state index in [1.54, 1.807) is 24.5 Å². The fraction of sp³-hybridized carbons (Fsp3) is 0.471. The first kappa shape index (κ1) is 18.7. The standard InChI is InChI=1S/C17H22BrN3O3S/c1-2-14(22)12-20-6-8-21(9-7-20)25(23,24)16-5-3-4-13-10-19-11-15(18)17(13)16/h3-5,10-11,14,22H,2,6-9,12H2,1H3/t14-/m1/s1. The molecule has 1 aliphatic rings. The largest absolute Gasteiger partial charge is 0.392 e. The van der Waals surface area contributed by atoms with Crippen LogP contribution in [0.2, 0.25) is 0 Å². The van der Waals surface area contributed by atoms with Crippen LogP contribution in [0.5, 0.6) is 0 Å². The zero-order chi connectivity index (χ0) is 18.0. The van der Waals surface area contributed by atoms with Crippen LogP contribution in [0.1, 0.15) is 13.3 Å². The molecule has 0 amide bonds. The molecule has 2 aromatic rings. The first-order valence-corrected chi connectivity index (χ1v) is 10.6. The molecule has 1 atom stereocenters. The highest BCUT2D eigenvalue weighted by molar-refractivity contribution is 9.10. The van der Waals surface area contributed by atoms with Crippen LogP contribution in [-0.4, -0.2) is 66.5 Å². The Morgan fingerprint density at radius 2 is 1.96 bits per heavy atom. The molecule has 3 rings (SSSR count). The molecule has 0 bridgehead atoms. The number of β-amino-alcohol motifs (C(OH)–C–C–N with tert-alkyl or cyclic N) is 1. The number of nitrogens with zero attached hydrogens (tertiary/aromatic N) is 3. The molecule has 1 fully saturated rings. The second kappa shape index (κ2) is 7.67. The van der Waals surface area contributed by atoms with E-state index in [2.05, 4.69) is 25.8 Å². The van der Waals surface area contributed by atoms with E-state index in [-0.39, 0.29) is 6.10 Å². The predicted molar refractivity (Wildman–Crippen MR) is 101 cm³/mol. The van der Waals surface area contributed by atoms with Crippen molar-refractivity contribution in [3.05, 3.63) is 35.1 Å². The first-order chi connectivity index (χ1) is 11.9. The first-order valence-electron chi connectivity index (χ1n) is 8.36. The lowest BCUT2D eigenvalue weighted by Gasteiger charge is -2.35. The van der Waals surface area contributed by atoms with E-state index in [9.17, 15) is 13.5 Å². The van der Waals surface area contributed by atoms with Crippen molar-refractivity contribution in [1.82, 2.24) is 14.2 Å². The number of aromatic nitrogens is 1.